The second kappa shape index (κ2) is 9.97. The second-order valence-electron chi connectivity index (χ2n) is 8.05. The summed E-state index contributed by atoms with van der Waals surface area (Å²) < 4.78 is 12.4. The Bertz CT molecular complexity index is 1070. The topological polar surface area (TPSA) is 68.6 Å². The molecule has 2 heterocycles. The third-order valence-electron chi connectivity index (χ3n) is 5.73. The van der Waals surface area contributed by atoms with Gasteiger partial charge in [0.25, 0.3) is 5.91 Å². The van der Waals surface area contributed by atoms with Gasteiger partial charge in [-0.2, -0.15) is 5.10 Å². The van der Waals surface area contributed by atoms with Gasteiger partial charge in [0.05, 0.1) is 31.7 Å². The number of nitrogens with one attached hydrogen (secondary N) is 1. The number of carbonyl (C=O) groups excluding carboxylic acids is 1. The van der Waals surface area contributed by atoms with Gasteiger partial charge in [-0.3, -0.25) is 9.69 Å². The number of benzene rings is 2. The Kier molecular flexibility index (Phi) is 6.87. The summed E-state index contributed by atoms with van der Waals surface area (Å²) in [6.07, 6.45) is 0. The van der Waals surface area contributed by atoms with Gasteiger partial charge in [0.1, 0.15) is 11.4 Å². The molecule has 0 bridgehead atoms. The molecule has 168 valence electrons. The van der Waals surface area contributed by atoms with Crippen LogP contribution in [0.25, 0.3) is 16.9 Å². The summed E-state index contributed by atoms with van der Waals surface area (Å²) in [5.41, 5.74) is 5.32. The van der Waals surface area contributed by atoms with E-state index in [-0.39, 0.29) is 5.91 Å². The van der Waals surface area contributed by atoms with Crippen molar-refractivity contribution < 1.29 is 14.3 Å². The summed E-state index contributed by atoms with van der Waals surface area (Å²) in [4.78, 5) is 15.5. The summed E-state index contributed by atoms with van der Waals surface area (Å²) in [6, 6.07) is 15.7. The first-order valence-corrected chi connectivity index (χ1v) is 11.0. The molecule has 7 heteroatoms. The maximum atomic E-state index is 13.2. The normalized spacial score (nSPS) is 14.3. The summed E-state index contributed by atoms with van der Waals surface area (Å²) in [5.74, 6) is 0.647. The predicted octanol–water partition coefficient (Wildman–Crippen LogP) is 3.23. The highest BCUT2D eigenvalue weighted by molar-refractivity contribution is 5.94. The summed E-state index contributed by atoms with van der Waals surface area (Å²) in [5, 5.41) is 7.87. The van der Waals surface area contributed by atoms with Crippen LogP contribution >= 0.6 is 0 Å². The minimum atomic E-state index is -0.134. The van der Waals surface area contributed by atoms with Crippen molar-refractivity contribution in [2.45, 2.75) is 13.8 Å². The molecule has 0 atom stereocenters. The maximum absolute atomic E-state index is 13.2. The Balaban J connectivity index is 1.60. The van der Waals surface area contributed by atoms with E-state index in [2.05, 4.69) is 23.2 Å². The highest BCUT2D eigenvalue weighted by Crippen LogP contribution is 2.25. The van der Waals surface area contributed by atoms with Crippen LogP contribution in [0.5, 0.6) is 5.75 Å². The second-order valence-corrected chi connectivity index (χ2v) is 8.05. The first-order chi connectivity index (χ1) is 15.5. The van der Waals surface area contributed by atoms with E-state index in [1.54, 1.807) is 11.8 Å². The number of aryl methyl sites for hydroxylation is 2. The van der Waals surface area contributed by atoms with Crippen LogP contribution < -0.4 is 10.1 Å². The van der Waals surface area contributed by atoms with Crippen molar-refractivity contribution in [3.05, 3.63) is 65.4 Å². The van der Waals surface area contributed by atoms with Crippen LogP contribution in [-0.2, 0) is 4.74 Å². The molecule has 1 aliphatic heterocycles. The van der Waals surface area contributed by atoms with Crippen molar-refractivity contribution in [1.29, 1.82) is 0 Å². The average Bonchev–Trinajstić information content (AvgIpc) is 3.25. The Labute approximate surface area is 188 Å². The minimum Gasteiger partial charge on any atom is -0.497 e. The Hall–Kier alpha value is -3.16. The van der Waals surface area contributed by atoms with E-state index in [0.717, 1.165) is 61.1 Å². The van der Waals surface area contributed by atoms with Crippen molar-refractivity contribution in [3.63, 3.8) is 0 Å². The zero-order valence-electron chi connectivity index (χ0n) is 18.9. The minimum absolute atomic E-state index is 0.134. The molecule has 0 aliphatic carbocycles. The quantitative estimate of drug-likeness (QED) is 0.618. The van der Waals surface area contributed by atoms with Gasteiger partial charge in [0, 0.05) is 31.7 Å². The maximum Gasteiger partial charge on any atom is 0.270 e. The third-order valence-corrected chi connectivity index (χ3v) is 5.73. The van der Waals surface area contributed by atoms with Gasteiger partial charge in [-0.25, -0.2) is 4.68 Å². The number of rotatable bonds is 7. The van der Waals surface area contributed by atoms with Gasteiger partial charge in [-0.1, -0.05) is 17.7 Å². The molecule has 1 amide bonds. The predicted molar refractivity (Wildman–Crippen MR) is 125 cm³/mol. The number of methoxy groups -OCH3 is 1. The standard InChI is InChI=1S/C25H30N4O3/c1-18-4-9-23(19(2)16-18)29-24(25(30)26-10-11-28-12-14-32-15-13-28)17-22(27-29)20-5-7-21(31-3)8-6-20/h4-9,16-17H,10-15H2,1-3H3,(H,26,30). The Morgan fingerprint density at radius 3 is 2.53 bits per heavy atom. The zero-order chi connectivity index (χ0) is 22.5. The van der Waals surface area contributed by atoms with Gasteiger partial charge in [0.15, 0.2) is 0 Å². The lowest BCUT2D eigenvalue weighted by atomic mass is 10.1. The molecule has 0 saturated carbocycles. The molecule has 0 unspecified atom stereocenters. The van der Waals surface area contributed by atoms with E-state index in [1.807, 2.05) is 49.4 Å². The molecule has 3 aromatic rings. The van der Waals surface area contributed by atoms with Crippen molar-refractivity contribution >= 4 is 5.91 Å². The molecule has 1 fully saturated rings. The van der Waals surface area contributed by atoms with Crippen molar-refractivity contribution in [3.8, 4) is 22.7 Å². The van der Waals surface area contributed by atoms with Crippen LogP contribution in [0.2, 0.25) is 0 Å². The first-order valence-electron chi connectivity index (χ1n) is 11.0. The molecule has 7 nitrogen and oxygen atoms in total. The Morgan fingerprint density at radius 2 is 1.84 bits per heavy atom. The SMILES string of the molecule is COc1ccc(-c2cc(C(=O)NCCN3CCOCC3)n(-c3ccc(C)cc3C)n2)cc1. The van der Waals surface area contributed by atoms with Crippen molar-refractivity contribution in [1.82, 2.24) is 20.0 Å². The molecule has 4 rings (SSSR count). The molecule has 1 aromatic heterocycles. The van der Waals surface area contributed by atoms with Crippen molar-refractivity contribution in [2.75, 3.05) is 46.5 Å². The molecule has 0 radical (unpaired) electrons. The molecular weight excluding hydrogens is 404 g/mol. The highest BCUT2D eigenvalue weighted by atomic mass is 16.5. The van der Waals surface area contributed by atoms with E-state index in [1.165, 1.54) is 5.56 Å². The largest absolute Gasteiger partial charge is 0.497 e. The van der Waals surface area contributed by atoms with Crippen LogP contribution in [0.1, 0.15) is 21.6 Å². The van der Waals surface area contributed by atoms with Crippen LogP contribution in [0.4, 0.5) is 0 Å². The molecule has 1 N–H and O–H groups in total. The number of ether oxygens (including phenoxy) is 2. The van der Waals surface area contributed by atoms with Crippen LogP contribution in [0.15, 0.2) is 48.5 Å². The molecule has 1 saturated heterocycles. The number of morpholine rings is 1. The number of amides is 1. The lowest BCUT2D eigenvalue weighted by Gasteiger charge is -2.26. The lowest BCUT2D eigenvalue weighted by Crippen LogP contribution is -2.41. The van der Waals surface area contributed by atoms with Crippen LogP contribution in [0, 0.1) is 13.8 Å². The lowest BCUT2D eigenvalue weighted by molar-refractivity contribution is 0.0383. The summed E-state index contributed by atoms with van der Waals surface area (Å²) >= 11 is 0. The van der Waals surface area contributed by atoms with E-state index < -0.39 is 0 Å². The number of nitrogens with zero attached hydrogens (tertiary/aromatic N) is 3. The fraction of sp³-hybridized carbons (Fsp3) is 0.360. The number of carbonyl (C=O) groups is 1. The van der Waals surface area contributed by atoms with Gasteiger partial charge in [0.2, 0.25) is 0 Å². The van der Waals surface area contributed by atoms with Crippen molar-refractivity contribution in [2.24, 2.45) is 0 Å². The molecule has 0 spiro atoms. The average molecular weight is 435 g/mol. The van der Waals surface area contributed by atoms with Gasteiger partial charge in [-0.05, 0) is 55.8 Å². The number of hydrogen-bond acceptors (Lipinski definition) is 5. The highest BCUT2D eigenvalue weighted by Gasteiger charge is 2.19. The third kappa shape index (κ3) is 5.00. The Morgan fingerprint density at radius 1 is 1.09 bits per heavy atom. The van der Waals surface area contributed by atoms with Gasteiger partial charge in [-0.15, -0.1) is 0 Å². The van der Waals surface area contributed by atoms with E-state index in [0.29, 0.717) is 12.2 Å². The number of hydrogen-bond donors (Lipinski definition) is 1. The van der Waals surface area contributed by atoms with E-state index >= 15 is 0 Å². The van der Waals surface area contributed by atoms with Gasteiger partial charge >= 0.3 is 0 Å². The fourth-order valence-corrected chi connectivity index (χ4v) is 3.92. The zero-order valence-corrected chi connectivity index (χ0v) is 18.9. The van der Waals surface area contributed by atoms with Gasteiger partial charge < -0.3 is 14.8 Å². The monoisotopic (exact) mass is 434 g/mol. The summed E-state index contributed by atoms with van der Waals surface area (Å²) in [6.45, 7) is 8.78. The first kappa shape index (κ1) is 22.0. The molecule has 2 aromatic carbocycles. The molecule has 32 heavy (non-hydrogen) atoms. The van der Waals surface area contributed by atoms with Crippen LogP contribution in [-0.4, -0.2) is 67.1 Å². The summed E-state index contributed by atoms with van der Waals surface area (Å²) in [7, 11) is 1.64. The number of aromatic nitrogens is 2. The van der Waals surface area contributed by atoms with Crippen LogP contribution in [0.3, 0.4) is 0 Å². The fourth-order valence-electron chi connectivity index (χ4n) is 3.92. The smallest absolute Gasteiger partial charge is 0.270 e. The molecule has 1 aliphatic rings. The van der Waals surface area contributed by atoms with E-state index in [4.69, 9.17) is 14.6 Å². The van der Waals surface area contributed by atoms with E-state index in [9.17, 15) is 4.79 Å². The molecular formula is C25H30N4O3.